The summed E-state index contributed by atoms with van der Waals surface area (Å²) in [6, 6.07) is 12.2. The minimum atomic E-state index is -1.09. The number of aryl methyl sites for hydroxylation is 1. The number of nitrogen functional groups attached to an aromatic ring is 1. The predicted molar refractivity (Wildman–Crippen MR) is 136 cm³/mol. The monoisotopic (exact) mass is 495 g/mol. The molecule has 0 bridgehead atoms. The van der Waals surface area contributed by atoms with Crippen molar-refractivity contribution in [3.8, 4) is 5.75 Å². The van der Waals surface area contributed by atoms with Crippen molar-refractivity contribution in [1.29, 1.82) is 0 Å². The van der Waals surface area contributed by atoms with Gasteiger partial charge < -0.3 is 21.9 Å². The van der Waals surface area contributed by atoms with Crippen LogP contribution in [0.4, 0.5) is 11.4 Å². The average molecular weight is 496 g/mol. The fraction of sp³-hybridized carbons (Fsp3) is 0.280. The van der Waals surface area contributed by atoms with Crippen LogP contribution in [0, 0.1) is 12.8 Å². The third-order valence-corrected chi connectivity index (χ3v) is 6.25. The summed E-state index contributed by atoms with van der Waals surface area (Å²) in [5.74, 6) is -1.62. The molecule has 3 rings (SSSR count). The lowest BCUT2D eigenvalue weighted by molar-refractivity contribution is -0.122. The van der Waals surface area contributed by atoms with Crippen LogP contribution in [0.15, 0.2) is 48.5 Å². The van der Waals surface area contributed by atoms with Crippen molar-refractivity contribution in [2.45, 2.75) is 33.2 Å². The van der Waals surface area contributed by atoms with Gasteiger partial charge in [-0.15, -0.1) is 0 Å². The number of phenolic OH excluding ortho intramolecular Hbond substituents is 1. The average Bonchev–Trinajstić information content (AvgIpc) is 3.19. The van der Waals surface area contributed by atoms with Crippen molar-refractivity contribution >= 4 is 40.6 Å². The van der Waals surface area contributed by atoms with Crippen molar-refractivity contribution in [3.05, 3.63) is 70.2 Å². The van der Waals surface area contributed by atoms with Crippen LogP contribution in [0.2, 0.25) is 0 Å². The highest BCUT2D eigenvalue weighted by Crippen LogP contribution is 2.34. The van der Waals surface area contributed by atoms with E-state index in [2.05, 4.69) is 23.5 Å². The lowest BCUT2D eigenvalue weighted by atomic mass is 10.0. The van der Waals surface area contributed by atoms with E-state index in [1.807, 2.05) is 19.1 Å². The first kappa shape index (κ1) is 25.7. The lowest BCUT2D eigenvalue weighted by Gasteiger charge is -2.31. The molecule has 2 aromatic carbocycles. The molecule has 6 N–H and O–H groups in total. The van der Waals surface area contributed by atoms with Gasteiger partial charge in [0.05, 0.1) is 5.69 Å². The topological polar surface area (TPSA) is 152 Å². The molecule has 35 heavy (non-hydrogen) atoms. The summed E-state index contributed by atoms with van der Waals surface area (Å²) in [6.45, 7) is 6.45. The molecule has 10 heteroatoms. The van der Waals surface area contributed by atoms with E-state index in [1.165, 1.54) is 17.0 Å². The Morgan fingerprint density at radius 1 is 1.14 bits per heavy atom. The summed E-state index contributed by atoms with van der Waals surface area (Å²) >= 11 is 0.727. The summed E-state index contributed by atoms with van der Waals surface area (Å²) in [4.78, 5) is 40.3. The highest BCUT2D eigenvalue weighted by atomic mass is 32.1. The van der Waals surface area contributed by atoms with Crippen molar-refractivity contribution in [2.75, 3.05) is 17.2 Å². The number of nitrogens with two attached hydrogens (primary N) is 2. The van der Waals surface area contributed by atoms with E-state index in [0.717, 1.165) is 23.5 Å². The predicted octanol–water partition coefficient (Wildman–Crippen LogP) is 3.39. The van der Waals surface area contributed by atoms with Crippen molar-refractivity contribution < 1.29 is 19.5 Å². The number of carbonyl (C=O) groups is 3. The maximum atomic E-state index is 13.9. The minimum absolute atomic E-state index is 0.0331. The standard InChI is InChI=1S/C25H29N5O4S/c1-14(2)11-12-28-24(33)21(16-9-7-15(3)8-10-16)30(17-5-4-6-18(31)13-17)25(34)22-19(26)20(23(27)32)29-35-22/h4-10,13-14,21,31H,11-12,26H2,1-3H3,(H2,27,32)(H,28,33)/t21-/m1/s1. The largest absolute Gasteiger partial charge is 0.508 e. The van der Waals surface area contributed by atoms with Gasteiger partial charge in [0.2, 0.25) is 5.91 Å². The maximum absolute atomic E-state index is 13.9. The number of amides is 3. The SMILES string of the molecule is Cc1ccc([C@H](C(=O)NCCC(C)C)N(C(=O)c2snc(C(N)=O)c2N)c2cccc(O)c2)cc1. The maximum Gasteiger partial charge on any atom is 0.273 e. The number of hydrogen-bond acceptors (Lipinski definition) is 7. The Bertz CT molecular complexity index is 1220. The number of primary amides is 1. The number of nitrogens with one attached hydrogen (secondary N) is 1. The number of benzene rings is 2. The first-order valence-corrected chi connectivity index (χ1v) is 11.9. The Morgan fingerprint density at radius 2 is 1.83 bits per heavy atom. The van der Waals surface area contributed by atoms with E-state index in [4.69, 9.17) is 11.5 Å². The molecule has 0 aliphatic rings. The molecule has 0 saturated carbocycles. The highest BCUT2D eigenvalue weighted by Gasteiger charge is 2.36. The zero-order valence-corrected chi connectivity index (χ0v) is 20.6. The summed E-state index contributed by atoms with van der Waals surface area (Å²) in [5.41, 5.74) is 12.8. The zero-order chi connectivity index (χ0) is 25.7. The van der Waals surface area contributed by atoms with Crippen LogP contribution in [-0.4, -0.2) is 33.7 Å². The summed E-state index contributed by atoms with van der Waals surface area (Å²) in [6.07, 6.45) is 0.760. The fourth-order valence-corrected chi connectivity index (χ4v) is 4.25. The second-order valence-electron chi connectivity index (χ2n) is 8.62. The molecule has 3 aromatic rings. The van der Waals surface area contributed by atoms with Crippen LogP contribution in [-0.2, 0) is 4.79 Å². The summed E-state index contributed by atoms with van der Waals surface area (Å²) < 4.78 is 3.93. The number of rotatable bonds is 9. The van der Waals surface area contributed by atoms with Gasteiger partial charge in [-0.1, -0.05) is 49.7 Å². The quantitative estimate of drug-likeness (QED) is 0.357. The Kier molecular flexibility index (Phi) is 8.08. The van der Waals surface area contributed by atoms with Gasteiger partial charge >= 0.3 is 0 Å². The first-order chi connectivity index (χ1) is 16.6. The Balaban J connectivity index is 2.16. The molecule has 3 amide bonds. The molecule has 0 fully saturated rings. The Morgan fingerprint density at radius 3 is 2.40 bits per heavy atom. The van der Waals surface area contributed by atoms with Crippen molar-refractivity contribution in [1.82, 2.24) is 9.69 Å². The van der Waals surface area contributed by atoms with Crippen LogP contribution in [0.5, 0.6) is 5.75 Å². The molecule has 0 radical (unpaired) electrons. The second-order valence-corrected chi connectivity index (χ2v) is 9.39. The van der Waals surface area contributed by atoms with Gasteiger partial charge in [0.15, 0.2) is 5.69 Å². The molecule has 0 saturated heterocycles. The third-order valence-electron chi connectivity index (χ3n) is 5.40. The van der Waals surface area contributed by atoms with Crippen LogP contribution in [0.25, 0.3) is 0 Å². The van der Waals surface area contributed by atoms with E-state index in [9.17, 15) is 19.5 Å². The Labute approximate surface area is 207 Å². The van der Waals surface area contributed by atoms with Gasteiger partial charge in [-0.3, -0.25) is 19.3 Å². The molecular weight excluding hydrogens is 466 g/mol. The number of aromatic hydroxyl groups is 1. The molecule has 0 spiro atoms. The van der Waals surface area contributed by atoms with Crippen molar-refractivity contribution in [2.24, 2.45) is 11.7 Å². The van der Waals surface area contributed by atoms with Crippen molar-refractivity contribution in [3.63, 3.8) is 0 Å². The molecule has 1 atom stereocenters. The van der Waals surface area contributed by atoms with Gasteiger partial charge in [0, 0.05) is 18.3 Å². The molecule has 0 aliphatic heterocycles. The summed E-state index contributed by atoms with van der Waals surface area (Å²) in [5, 5.41) is 13.1. The fourth-order valence-electron chi connectivity index (χ4n) is 3.51. The van der Waals surface area contributed by atoms with E-state index >= 15 is 0 Å². The molecule has 184 valence electrons. The number of phenols is 1. The molecular formula is C25H29N5O4S. The number of carbonyl (C=O) groups excluding carboxylic acids is 3. The van der Waals surface area contributed by atoms with E-state index < -0.39 is 23.8 Å². The van der Waals surface area contributed by atoms with E-state index in [-0.39, 0.29) is 27.7 Å². The van der Waals surface area contributed by atoms with Gasteiger partial charge in [0.1, 0.15) is 16.7 Å². The highest BCUT2D eigenvalue weighted by molar-refractivity contribution is 7.09. The van der Waals surface area contributed by atoms with E-state index in [1.54, 1.807) is 24.3 Å². The lowest BCUT2D eigenvalue weighted by Crippen LogP contribution is -2.44. The van der Waals surface area contributed by atoms with Crippen LogP contribution >= 0.6 is 11.5 Å². The van der Waals surface area contributed by atoms with E-state index in [0.29, 0.717) is 18.0 Å². The van der Waals surface area contributed by atoms with Gasteiger partial charge in [-0.2, -0.15) is 4.37 Å². The van der Waals surface area contributed by atoms with Gasteiger partial charge in [-0.25, -0.2) is 0 Å². The number of nitrogens with zero attached hydrogens (tertiary/aromatic N) is 2. The molecule has 9 nitrogen and oxygen atoms in total. The van der Waals surface area contributed by atoms with Crippen LogP contribution in [0.1, 0.15) is 57.6 Å². The van der Waals surface area contributed by atoms with Gasteiger partial charge in [-0.05, 0) is 48.5 Å². The van der Waals surface area contributed by atoms with Crippen LogP contribution in [0.3, 0.4) is 0 Å². The molecule has 1 heterocycles. The summed E-state index contributed by atoms with van der Waals surface area (Å²) in [7, 11) is 0. The first-order valence-electron chi connectivity index (χ1n) is 11.1. The molecule has 1 aromatic heterocycles. The zero-order valence-electron chi connectivity index (χ0n) is 19.8. The van der Waals surface area contributed by atoms with Crippen LogP contribution < -0.4 is 21.7 Å². The molecule has 0 aliphatic carbocycles. The smallest absolute Gasteiger partial charge is 0.273 e. The normalized spacial score (nSPS) is 11.8. The third kappa shape index (κ3) is 5.96. The second kappa shape index (κ2) is 11.0. The number of anilines is 2. The number of aromatic nitrogens is 1. The molecule has 0 unspecified atom stereocenters. The number of hydrogen-bond donors (Lipinski definition) is 4. The minimum Gasteiger partial charge on any atom is -0.508 e. The Hall–Kier alpha value is -3.92. The van der Waals surface area contributed by atoms with Gasteiger partial charge in [0.25, 0.3) is 11.8 Å².